The number of hydrogen-bond acceptors (Lipinski definition) is 3. The van der Waals surface area contributed by atoms with E-state index in [1.165, 1.54) is 19.3 Å². The summed E-state index contributed by atoms with van der Waals surface area (Å²) < 4.78 is 0. The van der Waals surface area contributed by atoms with Gasteiger partial charge >= 0.3 is 5.97 Å². The first-order chi connectivity index (χ1) is 9.56. The van der Waals surface area contributed by atoms with Gasteiger partial charge in [-0.05, 0) is 31.6 Å². The van der Waals surface area contributed by atoms with E-state index in [2.05, 4.69) is 12.2 Å². The largest absolute Gasteiger partial charge is 0.481 e. The van der Waals surface area contributed by atoms with Gasteiger partial charge in [0.05, 0.1) is 13.0 Å². The second-order valence-electron chi connectivity index (χ2n) is 6.28. The van der Waals surface area contributed by atoms with Crippen molar-refractivity contribution in [3.05, 3.63) is 0 Å². The molecule has 0 saturated heterocycles. The summed E-state index contributed by atoms with van der Waals surface area (Å²) in [5.41, 5.74) is 0. The van der Waals surface area contributed by atoms with E-state index in [-0.39, 0.29) is 12.3 Å². The van der Waals surface area contributed by atoms with Crippen molar-refractivity contribution in [2.75, 3.05) is 13.1 Å². The molecule has 2 unspecified atom stereocenters. The van der Waals surface area contributed by atoms with Gasteiger partial charge in [0.15, 0.2) is 0 Å². The van der Waals surface area contributed by atoms with Crippen LogP contribution in [0.25, 0.3) is 0 Å². The molecule has 0 aliphatic heterocycles. The maximum atomic E-state index is 12.1. The zero-order valence-electron chi connectivity index (χ0n) is 12.3. The molecule has 2 saturated carbocycles. The lowest BCUT2D eigenvalue weighted by Gasteiger charge is -2.30. The SMILES string of the molecule is CC1CCCCC1NC(=O)CN(CCC(=O)O)C1CC1. The van der Waals surface area contributed by atoms with Crippen molar-refractivity contribution >= 4 is 11.9 Å². The Labute approximate surface area is 120 Å². The average Bonchev–Trinajstić information content (AvgIpc) is 3.21. The molecule has 114 valence electrons. The Morgan fingerprint density at radius 2 is 1.90 bits per heavy atom. The Morgan fingerprint density at radius 1 is 1.20 bits per heavy atom. The van der Waals surface area contributed by atoms with Crippen molar-refractivity contribution in [1.82, 2.24) is 10.2 Å². The monoisotopic (exact) mass is 282 g/mol. The standard InChI is InChI=1S/C15H26N2O3/c1-11-4-2-3-5-13(11)16-14(18)10-17(12-6-7-12)9-8-15(19)20/h11-13H,2-10H2,1H3,(H,16,18)(H,19,20). The van der Waals surface area contributed by atoms with Crippen LogP contribution in [-0.2, 0) is 9.59 Å². The lowest BCUT2D eigenvalue weighted by molar-refractivity contribution is -0.137. The normalized spacial score (nSPS) is 26.5. The number of nitrogens with one attached hydrogen (secondary N) is 1. The first-order valence-electron chi connectivity index (χ1n) is 7.81. The molecule has 5 nitrogen and oxygen atoms in total. The maximum Gasteiger partial charge on any atom is 0.304 e. The van der Waals surface area contributed by atoms with Crippen LogP contribution in [0.3, 0.4) is 0 Å². The highest BCUT2D eigenvalue weighted by molar-refractivity contribution is 5.78. The third kappa shape index (κ3) is 4.78. The quantitative estimate of drug-likeness (QED) is 0.744. The minimum Gasteiger partial charge on any atom is -0.481 e. The minimum absolute atomic E-state index is 0.0565. The van der Waals surface area contributed by atoms with Crippen molar-refractivity contribution < 1.29 is 14.7 Å². The van der Waals surface area contributed by atoms with Crippen molar-refractivity contribution in [2.24, 2.45) is 5.92 Å². The van der Waals surface area contributed by atoms with Gasteiger partial charge in [-0.3, -0.25) is 14.5 Å². The van der Waals surface area contributed by atoms with Crippen LogP contribution in [-0.4, -0.2) is 47.1 Å². The third-order valence-corrected chi connectivity index (χ3v) is 4.48. The lowest BCUT2D eigenvalue weighted by atomic mass is 9.86. The second kappa shape index (κ2) is 7.07. The summed E-state index contributed by atoms with van der Waals surface area (Å²) in [4.78, 5) is 24.8. The van der Waals surface area contributed by atoms with Gasteiger partial charge in [-0.25, -0.2) is 0 Å². The Morgan fingerprint density at radius 3 is 2.50 bits per heavy atom. The summed E-state index contributed by atoms with van der Waals surface area (Å²) in [6.07, 6.45) is 7.02. The molecule has 0 aromatic carbocycles. The van der Waals surface area contributed by atoms with Crippen LogP contribution >= 0.6 is 0 Å². The molecule has 2 fully saturated rings. The molecule has 2 atom stereocenters. The van der Waals surface area contributed by atoms with Crippen molar-refractivity contribution in [1.29, 1.82) is 0 Å². The molecular weight excluding hydrogens is 256 g/mol. The number of carbonyl (C=O) groups is 2. The van der Waals surface area contributed by atoms with Gasteiger partial charge in [-0.2, -0.15) is 0 Å². The van der Waals surface area contributed by atoms with E-state index in [1.54, 1.807) is 0 Å². The summed E-state index contributed by atoms with van der Waals surface area (Å²) in [6.45, 7) is 3.03. The predicted molar refractivity (Wildman–Crippen MR) is 76.4 cm³/mol. The van der Waals surface area contributed by atoms with Gasteiger partial charge in [0.25, 0.3) is 0 Å². The van der Waals surface area contributed by atoms with Gasteiger partial charge in [0.1, 0.15) is 0 Å². The molecule has 20 heavy (non-hydrogen) atoms. The first kappa shape index (κ1) is 15.3. The minimum atomic E-state index is -0.794. The van der Waals surface area contributed by atoms with Gasteiger partial charge in [0.2, 0.25) is 5.91 Å². The Kier molecular flexibility index (Phi) is 5.40. The zero-order valence-corrected chi connectivity index (χ0v) is 12.3. The first-order valence-corrected chi connectivity index (χ1v) is 7.81. The molecule has 0 heterocycles. The second-order valence-corrected chi connectivity index (χ2v) is 6.28. The van der Waals surface area contributed by atoms with Crippen LogP contribution in [0.5, 0.6) is 0 Å². The number of carbonyl (C=O) groups excluding carboxylic acids is 1. The fourth-order valence-corrected chi connectivity index (χ4v) is 3.04. The third-order valence-electron chi connectivity index (χ3n) is 4.48. The van der Waals surface area contributed by atoms with E-state index in [4.69, 9.17) is 5.11 Å². The van der Waals surface area contributed by atoms with E-state index in [1.807, 2.05) is 4.90 Å². The van der Waals surface area contributed by atoms with Crippen LogP contribution in [0.4, 0.5) is 0 Å². The molecule has 1 amide bonds. The summed E-state index contributed by atoms with van der Waals surface area (Å²) >= 11 is 0. The van der Waals surface area contributed by atoms with Crippen LogP contribution in [0, 0.1) is 5.92 Å². The molecule has 0 bridgehead atoms. The molecule has 0 radical (unpaired) electrons. The number of carboxylic acids is 1. The molecular formula is C15H26N2O3. The van der Waals surface area contributed by atoms with Gasteiger partial charge in [-0.15, -0.1) is 0 Å². The predicted octanol–water partition coefficient (Wildman–Crippen LogP) is 1.62. The fourth-order valence-electron chi connectivity index (χ4n) is 3.04. The molecule has 2 aliphatic rings. The smallest absolute Gasteiger partial charge is 0.304 e. The highest BCUT2D eigenvalue weighted by Gasteiger charge is 2.31. The maximum absolute atomic E-state index is 12.1. The summed E-state index contributed by atoms with van der Waals surface area (Å²) in [6, 6.07) is 0.723. The number of carboxylic acid groups (broad SMARTS) is 1. The van der Waals surface area contributed by atoms with Crippen LogP contribution in [0.15, 0.2) is 0 Å². The summed E-state index contributed by atoms with van der Waals surface area (Å²) in [5, 5.41) is 11.9. The highest BCUT2D eigenvalue weighted by atomic mass is 16.4. The summed E-state index contributed by atoms with van der Waals surface area (Å²) in [5.74, 6) is -0.181. The number of hydrogen-bond donors (Lipinski definition) is 2. The molecule has 0 spiro atoms. The molecule has 2 aliphatic carbocycles. The Hall–Kier alpha value is -1.10. The van der Waals surface area contributed by atoms with E-state index in [9.17, 15) is 9.59 Å². The van der Waals surface area contributed by atoms with Crippen molar-refractivity contribution in [2.45, 2.75) is 64.0 Å². The molecule has 2 N–H and O–H groups in total. The summed E-state index contributed by atoms with van der Waals surface area (Å²) in [7, 11) is 0. The molecule has 5 heteroatoms. The van der Waals surface area contributed by atoms with Gasteiger partial charge in [-0.1, -0.05) is 19.8 Å². The molecule has 2 rings (SSSR count). The fraction of sp³-hybridized carbons (Fsp3) is 0.867. The highest BCUT2D eigenvalue weighted by Crippen LogP contribution is 2.27. The number of rotatable bonds is 7. The van der Waals surface area contributed by atoms with Crippen molar-refractivity contribution in [3.8, 4) is 0 Å². The van der Waals surface area contributed by atoms with Crippen LogP contribution in [0.1, 0.15) is 51.9 Å². The van der Waals surface area contributed by atoms with E-state index < -0.39 is 5.97 Å². The van der Waals surface area contributed by atoms with Crippen molar-refractivity contribution in [3.63, 3.8) is 0 Å². The number of amides is 1. The van der Waals surface area contributed by atoms with Crippen LogP contribution in [0.2, 0.25) is 0 Å². The van der Waals surface area contributed by atoms with Gasteiger partial charge < -0.3 is 10.4 Å². The Bertz CT molecular complexity index is 355. The average molecular weight is 282 g/mol. The molecule has 0 aromatic rings. The Balaban J connectivity index is 1.77. The van der Waals surface area contributed by atoms with E-state index in [0.717, 1.165) is 19.3 Å². The topological polar surface area (TPSA) is 69.6 Å². The lowest BCUT2D eigenvalue weighted by Crippen LogP contribution is -2.46. The van der Waals surface area contributed by atoms with E-state index >= 15 is 0 Å². The number of nitrogens with zero attached hydrogens (tertiary/aromatic N) is 1. The van der Waals surface area contributed by atoms with Gasteiger partial charge in [0, 0.05) is 18.6 Å². The van der Waals surface area contributed by atoms with E-state index in [0.29, 0.717) is 31.1 Å². The van der Waals surface area contributed by atoms with Crippen LogP contribution < -0.4 is 5.32 Å². The number of aliphatic carboxylic acids is 1. The zero-order chi connectivity index (χ0) is 14.5. The molecule has 0 aromatic heterocycles.